The van der Waals surface area contributed by atoms with Gasteiger partial charge >= 0.3 is 0 Å². The molecule has 0 aromatic rings. The molecule has 2 atom stereocenters. The number of aliphatic hydroxyl groups excluding tert-OH is 1. The van der Waals surface area contributed by atoms with Gasteiger partial charge in [0.1, 0.15) is 0 Å². The lowest BCUT2D eigenvalue weighted by Crippen LogP contribution is -2.39. The van der Waals surface area contributed by atoms with Crippen molar-refractivity contribution >= 4 is 0 Å². The van der Waals surface area contributed by atoms with Crippen LogP contribution in [-0.4, -0.2) is 24.3 Å². The predicted molar refractivity (Wildman–Crippen MR) is 48.6 cm³/mol. The van der Waals surface area contributed by atoms with Gasteiger partial charge in [-0.2, -0.15) is 0 Å². The normalized spacial score (nSPS) is 30.5. The van der Waals surface area contributed by atoms with Gasteiger partial charge in [0.2, 0.25) is 0 Å². The van der Waals surface area contributed by atoms with Gasteiger partial charge in [-0.05, 0) is 25.3 Å². The van der Waals surface area contributed by atoms with Crippen molar-refractivity contribution < 1.29 is 5.11 Å². The van der Waals surface area contributed by atoms with Crippen LogP contribution in [0.4, 0.5) is 0 Å². The third kappa shape index (κ3) is 4.38. The molecule has 0 aromatic heterocycles. The van der Waals surface area contributed by atoms with Crippen molar-refractivity contribution in [3.8, 4) is 0 Å². The largest absolute Gasteiger partial charge is 0.395 e. The smallest absolute Gasteiger partial charge is 0.0584 e. The zero-order chi connectivity index (χ0) is 8.69. The van der Waals surface area contributed by atoms with Gasteiger partial charge in [-0.3, -0.25) is 0 Å². The molecule has 68 valence electrons. The Morgan fingerprint density at radius 1 is 1.45 bits per heavy atom. The third-order valence-electron chi connectivity index (χ3n) is 1.98. The summed E-state index contributed by atoms with van der Waals surface area (Å²) in [6.45, 7) is 7.61. The van der Waals surface area contributed by atoms with E-state index in [1.165, 1.54) is 6.42 Å². The van der Waals surface area contributed by atoms with Gasteiger partial charge < -0.3 is 10.4 Å². The Kier molecular flexibility index (Phi) is 6.57. The number of aliphatic hydroxyl groups is 1. The molecule has 1 aliphatic heterocycles. The number of nitrogens with one attached hydrogen (secondary N) is 1. The second-order valence-electron chi connectivity index (χ2n) is 2.96. The van der Waals surface area contributed by atoms with E-state index < -0.39 is 0 Å². The highest BCUT2D eigenvalue weighted by Gasteiger charge is 2.16. The molecule has 11 heavy (non-hydrogen) atoms. The van der Waals surface area contributed by atoms with Crippen molar-refractivity contribution in [2.45, 2.75) is 39.7 Å². The Hall–Kier alpha value is -0.0800. The number of hydrogen-bond acceptors (Lipinski definition) is 2. The van der Waals surface area contributed by atoms with E-state index >= 15 is 0 Å². The summed E-state index contributed by atoms with van der Waals surface area (Å²) in [4.78, 5) is 0. The Morgan fingerprint density at radius 2 is 2.09 bits per heavy atom. The van der Waals surface area contributed by atoms with Gasteiger partial charge in [0.25, 0.3) is 0 Å². The minimum absolute atomic E-state index is 0.296. The predicted octanol–water partition coefficient (Wildman–Crippen LogP) is 1.39. The molecule has 2 N–H and O–H groups in total. The fourth-order valence-electron chi connectivity index (χ4n) is 1.36. The van der Waals surface area contributed by atoms with Gasteiger partial charge in [0.15, 0.2) is 0 Å². The van der Waals surface area contributed by atoms with Crippen LogP contribution in [0.15, 0.2) is 0 Å². The molecule has 2 unspecified atom stereocenters. The van der Waals surface area contributed by atoms with E-state index in [0.29, 0.717) is 12.6 Å². The SMILES string of the molecule is CC.CC1CCNC(CO)C1. The monoisotopic (exact) mass is 159 g/mol. The first kappa shape index (κ1) is 10.9. The highest BCUT2D eigenvalue weighted by molar-refractivity contribution is 4.74. The molecule has 1 rings (SSSR count). The summed E-state index contributed by atoms with van der Waals surface area (Å²) in [6.07, 6.45) is 2.40. The zero-order valence-electron chi connectivity index (χ0n) is 7.93. The highest BCUT2D eigenvalue weighted by Crippen LogP contribution is 2.13. The van der Waals surface area contributed by atoms with Crippen LogP contribution in [0.1, 0.15) is 33.6 Å². The van der Waals surface area contributed by atoms with Crippen LogP contribution in [-0.2, 0) is 0 Å². The third-order valence-corrected chi connectivity index (χ3v) is 1.98. The average molecular weight is 159 g/mol. The van der Waals surface area contributed by atoms with Crippen LogP contribution in [0.25, 0.3) is 0 Å². The topological polar surface area (TPSA) is 32.3 Å². The van der Waals surface area contributed by atoms with Crippen LogP contribution in [0.3, 0.4) is 0 Å². The van der Waals surface area contributed by atoms with Gasteiger partial charge in [-0.15, -0.1) is 0 Å². The standard InChI is InChI=1S/C7H15NO.C2H6/c1-6-2-3-8-7(4-6)5-9;1-2/h6-9H,2-5H2,1H3;1-2H3. The molecule has 2 heteroatoms. The summed E-state index contributed by atoms with van der Waals surface area (Å²) in [6, 6.07) is 0.369. The van der Waals surface area contributed by atoms with Gasteiger partial charge in [-0.25, -0.2) is 0 Å². The number of rotatable bonds is 1. The average Bonchev–Trinajstić information content (AvgIpc) is 2.08. The summed E-state index contributed by atoms with van der Waals surface area (Å²) >= 11 is 0. The molecule has 2 nitrogen and oxygen atoms in total. The van der Waals surface area contributed by atoms with Gasteiger partial charge in [0.05, 0.1) is 6.61 Å². The van der Waals surface area contributed by atoms with Crippen molar-refractivity contribution in [3.05, 3.63) is 0 Å². The molecule has 0 radical (unpaired) electrons. The highest BCUT2D eigenvalue weighted by atomic mass is 16.3. The van der Waals surface area contributed by atoms with Crippen LogP contribution in [0.2, 0.25) is 0 Å². The summed E-state index contributed by atoms with van der Waals surface area (Å²) < 4.78 is 0. The molecular weight excluding hydrogens is 138 g/mol. The molecule has 0 bridgehead atoms. The lowest BCUT2D eigenvalue weighted by atomic mass is 9.95. The van der Waals surface area contributed by atoms with E-state index in [9.17, 15) is 0 Å². The first-order chi connectivity index (χ1) is 5.33. The van der Waals surface area contributed by atoms with Crippen LogP contribution >= 0.6 is 0 Å². The van der Waals surface area contributed by atoms with E-state index in [-0.39, 0.29) is 0 Å². The molecule has 1 saturated heterocycles. The van der Waals surface area contributed by atoms with Crippen LogP contribution in [0, 0.1) is 5.92 Å². The Morgan fingerprint density at radius 3 is 2.45 bits per heavy atom. The van der Waals surface area contributed by atoms with Crippen molar-refractivity contribution in [1.82, 2.24) is 5.32 Å². The maximum Gasteiger partial charge on any atom is 0.0584 e. The maximum atomic E-state index is 8.75. The number of hydrogen-bond donors (Lipinski definition) is 2. The van der Waals surface area contributed by atoms with Crippen LogP contribution < -0.4 is 5.32 Å². The summed E-state index contributed by atoms with van der Waals surface area (Å²) in [5, 5.41) is 12.0. The molecule has 1 aliphatic rings. The minimum atomic E-state index is 0.296. The zero-order valence-corrected chi connectivity index (χ0v) is 7.93. The molecule has 0 saturated carbocycles. The molecule has 1 fully saturated rings. The second-order valence-corrected chi connectivity index (χ2v) is 2.96. The fourth-order valence-corrected chi connectivity index (χ4v) is 1.36. The fraction of sp³-hybridized carbons (Fsp3) is 1.00. The first-order valence-corrected chi connectivity index (χ1v) is 4.67. The second kappa shape index (κ2) is 6.62. The molecule has 0 spiro atoms. The van der Waals surface area contributed by atoms with Crippen molar-refractivity contribution in [2.24, 2.45) is 5.92 Å². The molecule has 1 heterocycles. The molecule has 0 aliphatic carbocycles. The number of piperidine rings is 1. The quantitative estimate of drug-likeness (QED) is 0.606. The lowest BCUT2D eigenvalue weighted by molar-refractivity contribution is 0.198. The van der Waals surface area contributed by atoms with Crippen molar-refractivity contribution in [1.29, 1.82) is 0 Å². The van der Waals surface area contributed by atoms with Crippen molar-refractivity contribution in [3.63, 3.8) is 0 Å². The van der Waals surface area contributed by atoms with E-state index in [4.69, 9.17) is 5.11 Å². The lowest BCUT2D eigenvalue weighted by Gasteiger charge is -2.26. The van der Waals surface area contributed by atoms with E-state index in [1.807, 2.05) is 13.8 Å². The van der Waals surface area contributed by atoms with E-state index in [2.05, 4.69) is 12.2 Å². The molecule has 0 aromatic carbocycles. The Balaban J connectivity index is 0.000000461. The Labute approximate surface area is 70.0 Å². The summed E-state index contributed by atoms with van der Waals surface area (Å²) in [5.41, 5.74) is 0. The van der Waals surface area contributed by atoms with Gasteiger partial charge in [-0.1, -0.05) is 20.8 Å². The van der Waals surface area contributed by atoms with Crippen molar-refractivity contribution in [2.75, 3.05) is 13.2 Å². The van der Waals surface area contributed by atoms with Gasteiger partial charge in [0, 0.05) is 6.04 Å². The van der Waals surface area contributed by atoms with E-state index in [1.54, 1.807) is 0 Å². The summed E-state index contributed by atoms with van der Waals surface area (Å²) in [5.74, 6) is 0.795. The minimum Gasteiger partial charge on any atom is -0.395 e. The molecule has 0 amide bonds. The van der Waals surface area contributed by atoms with Crippen LogP contribution in [0.5, 0.6) is 0 Å². The van der Waals surface area contributed by atoms with E-state index in [0.717, 1.165) is 18.9 Å². The summed E-state index contributed by atoms with van der Waals surface area (Å²) in [7, 11) is 0. The maximum absolute atomic E-state index is 8.75. The molecular formula is C9H21NO. The first-order valence-electron chi connectivity index (χ1n) is 4.67. The Bertz CT molecular complexity index is 85.6.